The number of ether oxygens (including phenoxy) is 1. The lowest BCUT2D eigenvalue weighted by Gasteiger charge is -2.28. The van der Waals surface area contributed by atoms with Crippen molar-refractivity contribution in [1.29, 1.82) is 0 Å². The minimum absolute atomic E-state index is 0.249. The highest BCUT2D eigenvalue weighted by molar-refractivity contribution is 6.08. The normalized spacial score (nSPS) is 12.8. The third-order valence-corrected chi connectivity index (χ3v) is 4.61. The third kappa shape index (κ3) is 4.45. The van der Waals surface area contributed by atoms with Crippen LogP contribution in [0.25, 0.3) is 10.9 Å². The van der Waals surface area contributed by atoms with Crippen LogP contribution >= 0.6 is 0 Å². The van der Waals surface area contributed by atoms with Crippen molar-refractivity contribution in [1.82, 2.24) is 9.88 Å². The standard InChI is InChI=1S/C21H30N2O3/c1-6-7-10-13-23-14-16(15-11-8-9-12-17(15)23)19(24)22-18(20(25)26-5)21(2,3)4/h8-9,11-12,14,18H,6-7,10,13H2,1-5H3,(H,22,24)/t18-/m1/s1. The molecule has 0 aliphatic carbocycles. The van der Waals surface area contributed by atoms with Gasteiger partial charge in [-0.2, -0.15) is 0 Å². The molecule has 1 amide bonds. The van der Waals surface area contributed by atoms with E-state index in [1.807, 2.05) is 51.2 Å². The number of fused-ring (bicyclic) bond motifs is 1. The molecule has 5 nitrogen and oxygen atoms in total. The fourth-order valence-corrected chi connectivity index (χ4v) is 3.10. The maximum atomic E-state index is 12.9. The van der Waals surface area contributed by atoms with Gasteiger partial charge in [-0.15, -0.1) is 0 Å². The van der Waals surface area contributed by atoms with E-state index in [0.717, 1.165) is 36.7 Å². The highest BCUT2D eigenvalue weighted by Gasteiger charge is 2.34. The molecule has 0 radical (unpaired) electrons. The van der Waals surface area contributed by atoms with Crippen LogP contribution in [-0.4, -0.2) is 29.6 Å². The van der Waals surface area contributed by atoms with Crippen molar-refractivity contribution < 1.29 is 14.3 Å². The van der Waals surface area contributed by atoms with Crippen molar-refractivity contribution in [3.63, 3.8) is 0 Å². The molecule has 1 aromatic carbocycles. The lowest BCUT2D eigenvalue weighted by molar-refractivity contribution is -0.145. The van der Waals surface area contributed by atoms with Crippen LogP contribution < -0.4 is 5.32 Å². The third-order valence-electron chi connectivity index (χ3n) is 4.61. The number of esters is 1. The molecular weight excluding hydrogens is 328 g/mol. The number of rotatable bonds is 7. The zero-order valence-electron chi connectivity index (χ0n) is 16.5. The van der Waals surface area contributed by atoms with Crippen LogP contribution in [0.2, 0.25) is 0 Å². The van der Waals surface area contributed by atoms with E-state index in [-0.39, 0.29) is 5.91 Å². The smallest absolute Gasteiger partial charge is 0.328 e. The summed E-state index contributed by atoms with van der Waals surface area (Å²) in [4.78, 5) is 25.1. The number of methoxy groups -OCH3 is 1. The van der Waals surface area contributed by atoms with E-state index in [1.165, 1.54) is 7.11 Å². The number of para-hydroxylation sites is 1. The zero-order valence-corrected chi connectivity index (χ0v) is 16.5. The summed E-state index contributed by atoms with van der Waals surface area (Å²) in [5.74, 6) is -0.682. The van der Waals surface area contributed by atoms with E-state index in [9.17, 15) is 9.59 Å². The Morgan fingerprint density at radius 1 is 1.19 bits per heavy atom. The van der Waals surface area contributed by atoms with Gasteiger partial charge in [0.15, 0.2) is 0 Å². The van der Waals surface area contributed by atoms with Crippen molar-refractivity contribution in [2.24, 2.45) is 5.41 Å². The van der Waals surface area contributed by atoms with Crippen molar-refractivity contribution in [2.45, 2.75) is 59.5 Å². The molecule has 0 bridgehead atoms. The quantitative estimate of drug-likeness (QED) is 0.597. The first-order chi connectivity index (χ1) is 12.3. The zero-order chi connectivity index (χ0) is 19.3. The lowest BCUT2D eigenvalue weighted by Crippen LogP contribution is -2.49. The molecule has 0 aliphatic heterocycles. The van der Waals surface area contributed by atoms with E-state index >= 15 is 0 Å². The minimum atomic E-state index is -0.706. The largest absolute Gasteiger partial charge is 0.467 e. The van der Waals surface area contributed by atoms with Crippen LogP contribution in [0, 0.1) is 5.41 Å². The lowest BCUT2D eigenvalue weighted by atomic mass is 9.86. The number of hydrogen-bond donors (Lipinski definition) is 1. The first-order valence-corrected chi connectivity index (χ1v) is 9.26. The number of nitrogens with zero attached hydrogens (tertiary/aromatic N) is 1. The predicted molar refractivity (Wildman–Crippen MR) is 104 cm³/mol. The number of carbonyl (C=O) groups excluding carboxylic acids is 2. The molecule has 0 saturated carbocycles. The van der Waals surface area contributed by atoms with Crippen LogP contribution in [0.15, 0.2) is 30.5 Å². The molecule has 0 saturated heterocycles. The molecule has 142 valence electrons. The van der Waals surface area contributed by atoms with Crippen molar-refractivity contribution in [2.75, 3.05) is 7.11 Å². The van der Waals surface area contributed by atoms with Gasteiger partial charge < -0.3 is 14.6 Å². The van der Waals surface area contributed by atoms with Gasteiger partial charge in [0.05, 0.1) is 12.7 Å². The second kappa shape index (κ2) is 8.39. The number of nitrogens with one attached hydrogen (secondary N) is 1. The Hall–Kier alpha value is -2.30. The molecule has 1 heterocycles. The molecule has 0 unspecified atom stereocenters. The number of carbonyl (C=O) groups is 2. The van der Waals surface area contributed by atoms with E-state index in [1.54, 1.807) is 0 Å². The summed E-state index contributed by atoms with van der Waals surface area (Å²) in [6, 6.07) is 7.18. The molecule has 1 aromatic heterocycles. The molecule has 26 heavy (non-hydrogen) atoms. The van der Waals surface area contributed by atoms with E-state index in [4.69, 9.17) is 4.74 Å². The Bertz CT molecular complexity index is 771. The molecule has 1 atom stereocenters. The van der Waals surface area contributed by atoms with Crippen molar-refractivity contribution in [3.8, 4) is 0 Å². The minimum Gasteiger partial charge on any atom is -0.467 e. The monoisotopic (exact) mass is 358 g/mol. The van der Waals surface area contributed by atoms with Crippen LogP contribution in [0.4, 0.5) is 0 Å². The summed E-state index contributed by atoms with van der Waals surface area (Å²) in [5, 5.41) is 3.77. The van der Waals surface area contributed by atoms with Gasteiger partial charge in [-0.1, -0.05) is 58.7 Å². The summed E-state index contributed by atoms with van der Waals surface area (Å²) >= 11 is 0. The fraction of sp³-hybridized carbons (Fsp3) is 0.524. The van der Waals surface area contributed by atoms with E-state index in [2.05, 4.69) is 16.8 Å². The topological polar surface area (TPSA) is 60.3 Å². The Morgan fingerprint density at radius 2 is 1.88 bits per heavy atom. The van der Waals surface area contributed by atoms with Gasteiger partial charge in [-0.3, -0.25) is 4.79 Å². The van der Waals surface area contributed by atoms with E-state index in [0.29, 0.717) is 5.56 Å². The summed E-state index contributed by atoms with van der Waals surface area (Å²) in [5.41, 5.74) is 1.19. The van der Waals surface area contributed by atoms with Gasteiger partial charge in [-0.25, -0.2) is 4.79 Å². The van der Waals surface area contributed by atoms with Gasteiger partial charge in [0.1, 0.15) is 6.04 Å². The Labute approximate surface area is 155 Å². The molecule has 1 N–H and O–H groups in total. The van der Waals surface area contributed by atoms with Gasteiger partial charge in [0, 0.05) is 23.6 Å². The Kier molecular flexibility index (Phi) is 6.46. The van der Waals surface area contributed by atoms with Gasteiger partial charge in [0.2, 0.25) is 0 Å². The summed E-state index contributed by atoms with van der Waals surface area (Å²) in [6.45, 7) is 8.77. The van der Waals surface area contributed by atoms with Crippen molar-refractivity contribution in [3.05, 3.63) is 36.0 Å². The summed E-state index contributed by atoms with van der Waals surface area (Å²) < 4.78 is 7.00. The summed E-state index contributed by atoms with van der Waals surface area (Å²) in [6.07, 6.45) is 5.27. The average Bonchev–Trinajstić information content (AvgIpc) is 2.97. The van der Waals surface area contributed by atoms with Gasteiger partial charge in [-0.05, 0) is 17.9 Å². The molecule has 0 spiro atoms. The van der Waals surface area contributed by atoms with Crippen molar-refractivity contribution >= 4 is 22.8 Å². The van der Waals surface area contributed by atoms with Crippen LogP contribution in [0.1, 0.15) is 57.3 Å². The maximum absolute atomic E-state index is 12.9. The van der Waals surface area contributed by atoms with E-state index < -0.39 is 17.4 Å². The fourth-order valence-electron chi connectivity index (χ4n) is 3.10. The number of benzene rings is 1. The van der Waals surface area contributed by atoms with Crippen LogP contribution in [0.3, 0.4) is 0 Å². The highest BCUT2D eigenvalue weighted by Crippen LogP contribution is 2.24. The Balaban J connectivity index is 2.33. The molecule has 2 aromatic rings. The number of aromatic nitrogens is 1. The number of amides is 1. The molecular formula is C21H30N2O3. The second-order valence-electron chi connectivity index (χ2n) is 7.76. The molecule has 0 aliphatic rings. The first-order valence-electron chi connectivity index (χ1n) is 9.26. The molecule has 0 fully saturated rings. The molecule has 5 heteroatoms. The molecule has 2 rings (SSSR count). The first kappa shape index (κ1) is 20.0. The van der Waals surface area contributed by atoms with Crippen LogP contribution in [0.5, 0.6) is 0 Å². The SMILES string of the molecule is CCCCCn1cc(C(=O)N[C@H](C(=O)OC)C(C)(C)C)c2ccccc21. The highest BCUT2D eigenvalue weighted by atomic mass is 16.5. The Morgan fingerprint density at radius 3 is 2.50 bits per heavy atom. The second-order valence-corrected chi connectivity index (χ2v) is 7.76. The summed E-state index contributed by atoms with van der Waals surface area (Å²) in [7, 11) is 1.34. The van der Waals surface area contributed by atoms with Gasteiger partial charge >= 0.3 is 5.97 Å². The number of hydrogen-bond acceptors (Lipinski definition) is 3. The van der Waals surface area contributed by atoms with Crippen LogP contribution in [-0.2, 0) is 16.1 Å². The average molecular weight is 358 g/mol. The van der Waals surface area contributed by atoms with Gasteiger partial charge in [0.25, 0.3) is 5.91 Å². The maximum Gasteiger partial charge on any atom is 0.328 e. The number of unbranched alkanes of at least 4 members (excludes halogenated alkanes) is 2. The predicted octanol–water partition coefficient (Wildman–Crippen LogP) is 4.15. The number of aryl methyl sites for hydroxylation is 1.